The standard InChI is InChI=1S/C32H38O4/c1-30(2,3)26-12-10-11-25(21-13-17-23(18-14-21)28(33)35-31(4,5)6)27(26)22-15-19-24(20-16-22)29(34)36-32(7,8)9/h10-20H,1-9H3. The monoisotopic (exact) mass is 486 g/mol. The summed E-state index contributed by atoms with van der Waals surface area (Å²) in [5.41, 5.74) is 5.21. The number of hydrogen-bond donors (Lipinski definition) is 0. The highest BCUT2D eigenvalue weighted by molar-refractivity contribution is 5.93. The lowest BCUT2D eigenvalue weighted by Crippen LogP contribution is -2.23. The van der Waals surface area contributed by atoms with Crippen LogP contribution in [0.1, 0.15) is 88.6 Å². The maximum Gasteiger partial charge on any atom is 0.338 e. The maximum absolute atomic E-state index is 12.5. The molecule has 190 valence electrons. The largest absolute Gasteiger partial charge is 0.456 e. The van der Waals surface area contributed by atoms with Gasteiger partial charge in [0.1, 0.15) is 11.2 Å². The minimum absolute atomic E-state index is 0.106. The highest BCUT2D eigenvalue weighted by Crippen LogP contribution is 2.40. The molecule has 0 radical (unpaired) electrons. The Kier molecular flexibility index (Phi) is 7.50. The fourth-order valence-corrected chi connectivity index (χ4v) is 3.96. The number of rotatable bonds is 4. The predicted molar refractivity (Wildman–Crippen MR) is 146 cm³/mol. The Morgan fingerprint density at radius 3 is 1.36 bits per heavy atom. The Morgan fingerprint density at radius 2 is 0.972 bits per heavy atom. The zero-order chi connectivity index (χ0) is 26.9. The van der Waals surface area contributed by atoms with Crippen molar-refractivity contribution >= 4 is 11.9 Å². The van der Waals surface area contributed by atoms with Crippen molar-refractivity contribution in [2.45, 2.75) is 78.9 Å². The van der Waals surface area contributed by atoms with Crippen LogP contribution in [0.5, 0.6) is 0 Å². The first-order valence-corrected chi connectivity index (χ1v) is 12.4. The molecule has 0 fully saturated rings. The van der Waals surface area contributed by atoms with Crippen LogP contribution < -0.4 is 0 Å². The lowest BCUT2D eigenvalue weighted by Gasteiger charge is -2.26. The number of benzene rings is 3. The predicted octanol–water partition coefficient (Wildman–Crippen LogP) is 8.23. The molecule has 3 aromatic carbocycles. The van der Waals surface area contributed by atoms with Crippen LogP contribution in [0.25, 0.3) is 22.3 Å². The Hall–Kier alpha value is -3.40. The van der Waals surface area contributed by atoms with Gasteiger partial charge >= 0.3 is 11.9 Å². The third kappa shape index (κ3) is 6.84. The zero-order valence-electron chi connectivity index (χ0n) is 23.0. The maximum atomic E-state index is 12.5. The summed E-state index contributed by atoms with van der Waals surface area (Å²) in [5.74, 6) is -0.674. The van der Waals surface area contributed by atoms with Gasteiger partial charge in [-0.2, -0.15) is 0 Å². The van der Waals surface area contributed by atoms with E-state index >= 15 is 0 Å². The molecule has 0 aliphatic rings. The second-order valence-electron chi connectivity index (χ2n) is 12.1. The molecule has 0 N–H and O–H groups in total. The SMILES string of the molecule is CC(C)(C)OC(=O)c1ccc(-c2cccc(C(C)(C)C)c2-c2ccc(C(=O)OC(C)(C)C)cc2)cc1. The number of esters is 2. The third-order valence-electron chi connectivity index (χ3n) is 5.51. The molecule has 4 heteroatoms. The van der Waals surface area contributed by atoms with Gasteiger partial charge < -0.3 is 9.47 Å². The highest BCUT2D eigenvalue weighted by Gasteiger charge is 2.23. The molecule has 0 saturated carbocycles. The Balaban J connectivity index is 2.06. The first-order valence-electron chi connectivity index (χ1n) is 12.4. The molecule has 3 rings (SSSR count). The van der Waals surface area contributed by atoms with E-state index in [1.807, 2.05) is 90.1 Å². The van der Waals surface area contributed by atoms with Crippen LogP contribution in [0.2, 0.25) is 0 Å². The summed E-state index contributed by atoms with van der Waals surface area (Å²) in [7, 11) is 0. The molecule has 0 atom stereocenters. The van der Waals surface area contributed by atoms with Crippen LogP contribution in [0, 0.1) is 0 Å². The summed E-state index contributed by atoms with van der Waals surface area (Å²) in [6.45, 7) is 17.7. The van der Waals surface area contributed by atoms with Gasteiger partial charge in [-0.05, 0) is 99.0 Å². The van der Waals surface area contributed by atoms with E-state index in [1.54, 1.807) is 0 Å². The van der Waals surface area contributed by atoms with Gasteiger partial charge in [0, 0.05) is 0 Å². The minimum atomic E-state index is -0.548. The lowest BCUT2D eigenvalue weighted by molar-refractivity contribution is 0.00570. The zero-order valence-corrected chi connectivity index (χ0v) is 23.0. The van der Waals surface area contributed by atoms with Crippen molar-refractivity contribution in [1.82, 2.24) is 0 Å². The first-order chi connectivity index (χ1) is 16.5. The summed E-state index contributed by atoms with van der Waals surface area (Å²) in [5, 5.41) is 0. The van der Waals surface area contributed by atoms with Gasteiger partial charge in [-0.25, -0.2) is 9.59 Å². The molecule has 0 bridgehead atoms. The van der Waals surface area contributed by atoms with Crippen LogP contribution >= 0.6 is 0 Å². The lowest BCUT2D eigenvalue weighted by atomic mass is 9.78. The molecule has 0 aliphatic heterocycles. The van der Waals surface area contributed by atoms with Gasteiger partial charge in [0.25, 0.3) is 0 Å². The molecule has 4 nitrogen and oxygen atoms in total. The van der Waals surface area contributed by atoms with Gasteiger partial charge in [-0.3, -0.25) is 0 Å². The van der Waals surface area contributed by atoms with E-state index in [0.29, 0.717) is 11.1 Å². The average molecular weight is 487 g/mol. The van der Waals surface area contributed by atoms with Crippen molar-refractivity contribution in [2.24, 2.45) is 0 Å². The number of carbonyl (C=O) groups excluding carboxylic acids is 2. The molecular weight excluding hydrogens is 448 g/mol. The molecular formula is C32H38O4. The minimum Gasteiger partial charge on any atom is -0.456 e. The van der Waals surface area contributed by atoms with E-state index in [2.05, 4.69) is 39.0 Å². The van der Waals surface area contributed by atoms with E-state index in [1.165, 1.54) is 5.56 Å². The Labute approximate surface area is 215 Å². The molecule has 36 heavy (non-hydrogen) atoms. The molecule has 0 heterocycles. The number of hydrogen-bond acceptors (Lipinski definition) is 4. The normalized spacial score (nSPS) is 12.2. The van der Waals surface area contributed by atoms with Gasteiger partial charge in [-0.15, -0.1) is 0 Å². The summed E-state index contributed by atoms with van der Waals surface area (Å²) in [6, 6.07) is 21.4. The fraction of sp³-hybridized carbons (Fsp3) is 0.375. The summed E-state index contributed by atoms with van der Waals surface area (Å²) in [6.07, 6.45) is 0. The van der Waals surface area contributed by atoms with Crippen LogP contribution in [0.3, 0.4) is 0 Å². The quantitative estimate of drug-likeness (QED) is 0.349. The Morgan fingerprint density at radius 1 is 0.556 bits per heavy atom. The van der Waals surface area contributed by atoms with E-state index in [-0.39, 0.29) is 17.4 Å². The summed E-state index contributed by atoms with van der Waals surface area (Å²) < 4.78 is 11.0. The van der Waals surface area contributed by atoms with Crippen molar-refractivity contribution in [2.75, 3.05) is 0 Å². The van der Waals surface area contributed by atoms with Gasteiger partial charge in [0.15, 0.2) is 0 Å². The number of carbonyl (C=O) groups is 2. The van der Waals surface area contributed by atoms with Crippen LogP contribution in [-0.2, 0) is 14.9 Å². The Bertz CT molecular complexity index is 1230. The topological polar surface area (TPSA) is 52.6 Å². The van der Waals surface area contributed by atoms with Crippen LogP contribution in [0.4, 0.5) is 0 Å². The van der Waals surface area contributed by atoms with E-state index in [9.17, 15) is 9.59 Å². The molecule has 0 unspecified atom stereocenters. The van der Waals surface area contributed by atoms with Crippen molar-refractivity contribution in [3.05, 3.63) is 83.4 Å². The summed E-state index contributed by atoms with van der Waals surface area (Å²) >= 11 is 0. The van der Waals surface area contributed by atoms with Gasteiger partial charge in [0.2, 0.25) is 0 Å². The molecule has 0 aliphatic carbocycles. The van der Waals surface area contributed by atoms with Gasteiger partial charge in [0.05, 0.1) is 11.1 Å². The van der Waals surface area contributed by atoms with Crippen molar-refractivity contribution < 1.29 is 19.1 Å². The van der Waals surface area contributed by atoms with Gasteiger partial charge in [-0.1, -0.05) is 63.2 Å². The fourth-order valence-electron chi connectivity index (χ4n) is 3.96. The molecule has 3 aromatic rings. The van der Waals surface area contributed by atoms with Crippen molar-refractivity contribution in [3.63, 3.8) is 0 Å². The molecule has 0 spiro atoms. The molecule has 0 aromatic heterocycles. The number of ether oxygens (including phenoxy) is 2. The summed E-state index contributed by atoms with van der Waals surface area (Å²) in [4.78, 5) is 25.0. The smallest absolute Gasteiger partial charge is 0.338 e. The molecule has 0 saturated heterocycles. The second kappa shape index (κ2) is 9.93. The van der Waals surface area contributed by atoms with E-state index < -0.39 is 11.2 Å². The van der Waals surface area contributed by atoms with Crippen LogP contribution in [0.15, 0.2) is 66.7 Å². The highest BCUT2D eigenvalue weighted by atomic mass is 16.6. The third-order valence-corrected chi connectivity index (χ3v) is 5.51. The van der Waals surface area contributed by atoms with E-state index in [4.69, 9.17) is 9.47 Å². The second-order valence-corrected chi connectivity index (χ2v) is 12.1. The van der Waals surface area contributed by atoms with Crippen molar-refractivity contribution in [3.8, 4) is 22.3 Å². The van der Waals surface area contributed by atoms with Crippen molar-refractivity contribution in [1.29, 1.82) is 0 Å². The average Bonchev–Trinajstić information content (AvgIpc) is 2.76. The van der Waals surface area contributed by atoms with Crippen LogP contribution in [-0.4, -0.2) is 23.1 Å². The first kappa shape index (κ1) is 27.2. The molecule has 0 amide bonds. The van der Waals surface area contributed by atoms with E-state index in [0.717, 1.165) is 22.3 Å².